The van der Waals surface area contributed by atoms with Crippen molar-refractivity contribution in [3.05, 3.63) is 40.0 Å². The molecule has 1 aromatic carbocycles. The Kier molecular flexibility index (Phi) is 3.52. The van der Waals surface area contributed by atoms with E-state index in [2.05, 4.69) is 10.1 Å². The number of aromatic nitrogens is 2. The summed E-state index contributed by atoms with van der Waals surface area (Å²) >= 11 is 0. The zero-order valence-electron chi connectivity index (χ0n) is 10.0. The predicted octanol–water partition coefficient (Wildman–Crippen LogP) is 2.19. The van der Waals surface area contributed by atoms with E-state index in [0.717, 1.165) is 18.2 Å². The van der Waals surface area contributed by atoms with Gasteiger partial charge in [0, 0.05) is 11.6 Å². The summed E-state index contributed by atoms with van der Waals surface area (Å²) < 4.78 is 18.2. The zero-order valence-corrected chi connectivity index (χ0v) is 10.0. The van der Waals surface area contributed by atoms with Gasteiger partial charge < -0.3 is 10.3 Å². The van der Waals surface area contributed by atoms with Gasteiger partial charge in [0.05, 0.1) is 17.0 Å². The van der Waals surface area contributed by atoms with Gasteiger partial charge in [-0.05, 0) is 12.5 Å². The first-order valence-corrected chi connectivity index (χ1v) is 5.55. The lowest BCUT2D eigenvalue weighted by Crippen LogP contribution is -2.10. The highest BCUT2D eigenvalue weighted by Crippen LogP contribution is 2.25. The van der Waals surface area contributed by atoms with Gasteiger partial charge in [0.2, 0.25) is 0 Å². The topological polar surface area (TPSA) is 108 Å². The van der Waals surface area contributed by atoms with Crippen LogP contribution in [-0.2, 0) is 0 Å². The third kappa shape index (κ3) is 2.74. The fourth-order valence-corrected chi connectivity index (χ4v) is 1.49. The van der Waals surface area contributed by atoms with E-state index in [-0.39, 0.29) is 29.0 Å². The number of nitro groups is 1. The monoisotopic (exact) mass is 266 g/mol. The molecule has 0 radical (unpaired) electrons. The quantitative estimate of drug-likeness (QED) is 0.671. The van der Waals surface area contributed by atoms with Crippen molar-refractivity contribution in [3.63, 3.8) is 0 Å². The van der Waals surface area contributed by atoms with Gasteiger partial charge in [-0.1, -0.05) is 12.1 Å². The molecule has 0 fully saturated rings. The molecule has 0 bridgehead atoms. The van der Waals surface area contributed by atoms with Gasteiger partial charge in [0.15, 0.2) is 5.82 Å². The van der Waals surface area contributed by atoms with Crippen molar-refractivity contribution in [2.75, 3.05) is 0 Å². The Morgan fingerprint density at radius 3 is 2.89 bits per heavy atom. The van der Waals surface area contributed by atoms with Crippen LogP contribution >= 0.6 is 0 Å². The number of nitro benzene ring substituents is 1. The number of rotatable bonds is 4. The van der Waals surface area contributed by atoms with Crippen molar-refractivity contribution in [2.24, 2.45) is 5.73 Å². The molecule has 2 aromatic rings. The second-order valence-corrected chi connectivity index (χ2v) is 3.93. The lowest BCUT2D eigenvalue weighted by molar-refractivity contribution is -0.385. The lowest BCUT2D eigenvalue weighted by atomic mass is 10.2. The smallest absolute Gasteiger partial charge is 0.273 e. The summed E-state index contributed by atoms with van der Waals surface area (Å²) in [6.45, 7) is 1.85. The maximum atomic E-state index is 13.3. The number of hydrogen-bond acceptors (Lipinski definition) is 6. The summed E-state index contributed by atoms with van der Waals surface area (Å²) in [5, 5.41) is 14.3. The first-order chi connectivity index (χ1) is 9.01. The average Bonchev–Trinajstić information content (AvgIpc) is 2.86. The zero-order chi connectivity index (χ0) is 14.0. The largest absolute Gasteiger partial charge is 0.334 e. The lowest BCUT2D eigenvalue weighted by Gasteiger charge is -1.99. The van der Waals surface area contributed by atoms with Crippen LogP contribution in [0.15, 0.2) is 22.7 Å². The van der Waals surface area contributed by atoms with E-state index in [4.69, 9.17) is 10.3 Å². The molecular formula is C11H11FN4O3. The minimum absolute atomic E-state index is 0.00139. The highest BCUT2D eigenvalue weighted by atomic mass is 19.1. The summed E-state index contributed by atoms with van der Waals surface area (Å²) in [5.41, 5.74) is 5.49. The van der Waals surface area contributed by atoms with E-state index in [1.54, 1.807) is 0 Å². The van der Waals surface area contributed by atoms with Gasteiger partial charge in [0.25, 0.3) is 11.6 Å². The Morgan fingerprint density at radius 2 is 2.26 bits per heavy atom. The summed E-state index contributed by atoms with van der Waals surface area (Å²) in [6.07, 6.45) is 0.613. The fourth-order valence-electron chi connectivity index (χ4n) is 1.49. The summed E-state index contributed by atoms with van der Waals surface area (Å²) in [6, 6.07) is 2.68. The van der Waals surface area contributed by atoms with Crippen LogP contribution in [0.4, 0.5) is 10.1 Å². The second kappa shape index (κ2) is 5.11. The Labute approximate surface area is 107 Å². The molecule has 0 aliphatic rings. The maximum Gasteiger partial charge on any atom is 0.273 e. The molecule has 0 saturated carbocycles. The van der Waals surface area contributed by atoms with Gasteiger partial charge >= 0.3 is 0 Å². The van der Waals surface area contributed by atoms with E-state index < -0.39 is 10.7 Å². The van der Waals surface area contributed by atoms with Crippen molar-refractivity contribution in [1.29, 1.82) is 0 Å². The Bertz CT molecular complexity index is 614. The normalized spacial score (nSPS) is 12.4. The van der Waals surface area contributed by atoms with Gasteiger partial charge in [0.1, 0.15) is 5.82 Å². The van der Waals surface area contributed by atoms with Crippen molar-refractivity contribution in [1.82, 2.24) is 10.1 Å². The molecule has 1 aromatic heterocycles. The van der Waals surface area contributed by atoms with Gasteiger partial charge in [-0.15, -0.1) is 0 Å². The molecule has 0 saturated heterocycles. The van der Waals surface area contributed by atoms with Crippen LogP contribution in [0.5, 0.6) is 0 Å². The SMILES string of the molecule is CCC(N)c1noc(-c2cc(F)cc([N+](=O)[O-])c2)n1. The molecular weight excluding hydrogens is 255 g/mol. The second-order valence-electron chi connectivity index (χ2n) is 3.93. The summed E-state index contributed by atoms with van der Waals surface area (Å²) in [4.78, 5) is 14.0. The van der Waals surface area contributed by atoms with Crippen LogP contribution < -0.4 is 5.73 Å². The standard InChI is InChI=1S/C11H11FN4O3/c1-2-9(13)10-14-11(19-15-10)6-3-7(12)5-8(4-6)16(17)18/h3-5,9H,2,13H2,1H3. The number of hydrogen-bond donors (Lipinski definition) is 1. The van der Waals surface area contributed by atoms with Gasteiger partial charge in [-0.2, -0.15) is 4.98 Å². The molecule has 0 aliphatic carbocycles. The first-order valence-electron chi connectivity index (χ1n) is 5.55. The van der Waals surface area contributed by atoms with Crippen LogP contribution in [-0.4, -0.2) is 15.1 Å². The molecule has 0 aliphatic heterocycles. The molecule has 2 rings (SSSR count). The minimum atomic E-state index is -0.747. The van der Waals surface area contributed by atoms with Crippen molar-refractivity contribution in [3.8, 4) is 11.5 Å². The van der Waals surface area contributed by atoms with E-state index in [1.165, 1.54) is 0 Å². The van der Waals surface area contributed by atoms with E-state index in [9.17, 15) is 14.5 Å². The molecule has 0 amide bonds. The van der Waals surface area contributed by atoms with Crippen LogP contribution in [0, 0.1) is 15.9 Å². The van der Waals surface area contributed by atoms with Crippen LogP contribution in [0.25, 0.3) is 11.5 Å². The molecule has 19 heavy (non-hydrogen) atoms. The summed E-state index contributed by atoms with van der Waals surface area (Å²) in [7, 11) is 0. The first kappa shape index (κ1) is 13.1. The highest BCUT2D eigenvalue weighted by molar-refractivity contribution is 5.57. The molecule has 100 valence electrons. The minimum Gasteiger partial charge on any atom is -0.334 e. The molecule has 1 atom stereocenters. The molecule has 8 heteroatoms. The van der Waals surface area contributed by atoms with E-state index >= 15 is 0 Å². The van der Waals surface area contributed by atoms with Crippen LogP contribution in [0.1, 0.15) is 25.2 Å². The van der Waals surface area contributed by atoms with Crippen LogP contribution in [0.2, 0.25) is 0 Å². The van der Waals surface area contributed by atoms with Crippen molar-refractivity contribution < 1.29 is 13.8 Å². The molecule has 1 unspecified atom stereocenters. The third-order valence-electron chi connectivity index (χ3n) is 2.55. The molecule has 1 heterocycles. The summed E-state index contributed by atoms with van der Waals surface area (Å²) in [5.74, 6) is -0.463. The number of nitrogens with two attached hydrogens (primary N) is 1. The Hall–Kier alpha value is -2.35. The van der Waals surface area contributed by atoms with E-state index in [0.29, 0.717) is 6.42 Å². The number of halogens is 1. The predicted molar refractivity (Wildman–Crippen MR) is 63.6 cm³/mol. The highest BCUT2D eigenvalue weighted by Gasteiger charge is 2.17. The van der Waals surface area contributed by atoms with Gasteiger partial charge in [-0.3, -0.25) is 10.1 Å². The maximum absolute atomic E-state index is 13.3. The molecule has 7 nitrogen and oxygen atoms in total. The molecule has 0 spiro atoms. The third-order valence-corrected chi connectivity index (χ3v) is 2.55. The van der Waals surface area contributed by atoms with Crippen molar-refractivity contribution >= 4 is 5.69 Å². The van der Waals surface area contributed by atoms with E-state index in [1.807, 2.05) is 6.92 Å². The van der Waals surface area contributed by atoms with Crippen molar-refractivity contribution in [2.45, 2.75) is 19.4 Å². The van der Waals surface area contributed by atoms with Gasteiger partial charge in [-0.25, -0.2) is 4.39 Å². The number of non-ortho nitro benzene ring substituents is 1. The van der Waals surface area contributed by atoms with Crippen LogP contribution in [0.3, 0.4) is 0 Å². The number of benzene rings is 1. The Morgan fingerprint density at radius 1 is 1.53 bits per heavy atom. The Balaban J connectivity index is 2.41. The average molecular weight is 266 g/mol. The molecule has 2 N–H and O–H groups in total. The number of nitrogens with zero attached hydrogens (tertiary/aromatic N) is 3. The fraction of sp³-hybridized carbons (Fsp3) is 0.273.